The summed E-state index contributed by atoms with van der Waals surface area (Å²) in [6.45, 7) is 3.24. The van der Waals surface area contributed by atoms with Crippen LogP contribution in [0.2, 0.25) is 0 Å². The Hall–Kier alpha value is -2.56. The minimum Gasteiger partial charge on any atom is -0.334 e. The summed E-state index contributed by atoms with van der Waals surface area (Å²) in [5.74, 6) is 1.19. The summed E-state index contributed by atoms with van der Waals surface area (Å²) in [5, 5.41) is 15.3. The number of imidazole rings is 1. The predicted molar refractivity (Wildman–Crippen MR) is 119 cm³/mol. The number of nitrogens with zero attached hydrogens (tertiary/aromatic N) is 4. The van der Waals surface area contributed by atoms with Gasteiger partial charge in [-0.3, -0.25) is 10.1 Å². The molecular formula is C21H24N4O4S2. The Morgan fingerprint density at radius 1 is 1.26 bits per heavy atom. The van der Waals surface area contributed by atoms with Crippen molar-refractivity contribution in [2.24, 2.45) is 0 Å². The third kappa shape index (κ3) is 4.56. The fourth-order valence-electron chi connectivity index (χ4n) is 4.03. The highest BCUT2D eigenvalue weighted by molar-refractivity contribution is 7.89. The minimum absolute atomic E-state index is 0.0115. The number of benzene rings is 1. The van der Waals surface area contributed by atoms with Crippen molar-refractivity contribution in [3.63, 3.8) is 0 Å². The van der Waals surface area contributed by atoms with Crippen molar-refractivity contribution in [1.29, 1.82) is 0 Å². The number of rotatable bonds is 7. The highest BCUT2D eigenvalue weighted by atomic mass is 32.2. The zero-order valence-electron chi connectivity index (χ0n) is 17.2. The molecule has 0 atom stereocenters. The van der Waals surface area contributed by atoms with Crippen LogP contribution in [0.15, 0.2) is 52.3 Å². The van der Waals surface area contributed by atoms with Gasteiger partial charge in [0, 0.05) is 50.1 Å². The normalized spacial score (nSPS) is 15.9. The lowest BCUT2D eigenvalue weighted by Gasteiger charge is -2.31. The van der Waals surface area contributed by atoms with Crippen LogP contribution < -0.4 is 0 Å². The quantitative estimate of drug-likeness (QED) is 0.392. The van der Waals surface area contributed by atoms with Crippen molar-refractivity contribution in [2.75, 3.05) is 13.1 Å². The second kappa shape index (κ2) is 8.89. The van der Waals surface area contributed by atoms with E-state index < -0.39 is 14.9 Å². The first-order valence-electron chi connectivity index (χ1n) is 10.1. The monoisotopic (exact) mass is 460 g/mol. The molecule has 4 rings (SSSR count). The molecule has 0 aliphatic carbocycles. The van der Waals surface area contributed by atoms with Gasteiger partial charge in [0.25, 0.3) is 5.69 Å². The molecule has 0 N–H and O–H groups in total. The Morgan fingerprint density at radius 3 is 2.71 bits per heavy atom. The van der Waals surface area contributed by atoms with E-state index in [0.717, 1.165) is 24.9 Å². The third-order valence-electron chi connectivity index (χ3n) is 5.79. The third-order valence-corrected chi connectivity index (χ3v) is 8.56. The van der Waals surface area contributed by atoms with Gasteiger partial charge in [-0.1, -0.05) is 6.07 Å². The number of hydrogen-bond acceptors (Lipinski definition) is 6. The summed E-state index contributed by atoms with van der Waals surface area (Å²) in [5.41, 5.74) is 1.60. The lowest BCUT2D eigenvalue weighted by Crippen LogP contribution is -2.38. The molecule has 1 saturated heterocycles. The Bertz CT molecular complexity index is 1160. The van der Waals surface area contributed by atoms with E-state index in [9.17, 15) is 18.5 Å². The van der Waals surface area contributed by atoms with Crippen LogP contribution in [0.1, 0.15) is 35.7 Å². The molecule has 0 bridgehead atoms. The smallest absolute Gasteiger partial charge is 0.270 e. The topological polar surface area (TPSA) is 98.3 Å². The molecule has 0 saturated carbocycles. The number of nitro groups is 1. The van der Waals surface area contributed by atoms with E-state index in [4.69, 9.17) is 0 Å². The van der Waals surface area contributed by atoms with Crippen molar-refractivity contribution in [1.82, 2.24) is 13.9 Å². The molecule has 0 unspecified atom stereocenters. The van der Waals surface area contributed by atoms with Crippen molar-refractivity contribution in [3.05, 3.63) is 74.5 Å². The molecule has 0 spiro atoms. The van der Waals surface area contributed by atoms with E-state index in [1.54, 1.807) is 24.5 Å². The molecule has 31 heavy (non-hydrogen) atoms. The van der Waals surface area contributed by atoms with Crippen LogP contribution in [0, 0.1) is 17.0 Å². The molecule has 8 nitrogen and oxygen atoms in total. The van der Waals surface area contributed by atoms with Gasteiger partial charge in [-0.15, -0.1) is 0 Å². The Morgan fingerprint density at radius 2 is 2.03 bits per heavy atom. The molecular weight excluding hydrogens is 436 g/mol. The maximum Gasteiger partial charge on any atom is 0.270 e. The molecule has 10 heteroatoms. The van der Waals surface area contributed by atoms with Crippen LogP contribution in [-0.2, 0) is 23.0 Å². The maximum absolute atomic E-state index is 13.2. The molecule has 1 aliphatic heterocycles. The van der Waals surface area contributed by atoms with E-state index in [1.165, 1.54) is 22.0 Å². The first-order valence-corrected chi connectivity index (χ1v) is 12.5. The highest BCUT2D eigenvalue weighted by Gasteiger charge is 2.33. The summed E-state index contributed by atoms with van der Waals surface area (Å²) in [4.78, 5) is 15.1. The van der Waals surface area contributed by atoms with E-state index in [0.29, 0.717) is 31.5 Å². The van der Waals surface area contributed by atoms with Crippen LogP contribution in [0.4, 0.5) is 5.69 Å². The number of non-ortho nitro benzene ring substituents is 1. The number of aromatic nitrogens is 2. The minimum atomic E-state index is -3.79. The zero-order chi connectivity index (χ0) is 22.0. The number of thiophene rings is 1. The van der Waals surface area contributed by atoms with Crippen LogP contribution in [0.3, 0.4) is 0 Å². The standard InChI is InChI=1S/C21H24N4O4S2/c1-16-2-3-19(25(26)27)14-20(16)31(28,29)24-10-5-18(6-11-24)21-22-8-12-23(21)9-4-17-7-13-30-15-17/h2-3,7-8,12-15,18H,4-6,9-11H2,1H3. The van der Waals surface area contributed by atoms with E-state index in [1.807, 2.05) is 6.20 Å². The number of piperidine rings is 1. The number of nitro benzene ring substituents is 1. The van der Waals surface area contributed by atoms with Gasteiger partial charge in [0.1, 0.15) is 5.82 Å². The fraction of sp³-hybridized carbons (Fsp3) is 0.381. The number of hydrogen-bond donors (Lipinski definition) is 0. The molecule has 1 aliphatic rings. The van der Waals surface area contributed by atoms with Gasteiger partial charge in [-0.25, -0.2) is 13.4 Å². The van der Waals surface area contributed by atoms with E-state index in [-0.39, 0.29) is 16.5 Å². The molecule has 3 aromatic rings. The molecule has 2 aromatic heterocycles. The summed E-state index contributed by atoms with van der Waals surface area (Å²) < 4.78 is 29.9. The van der Waals surface area contributed by atoms with E-state index in [2.05, 4.69) is 26.4 Å². The fourth-order valence-corrected chi connectivity index (χ4v) is 6.45. The van der Waals surface area contributed by atoms with E-state index >= 15 is 0 Å². The SMILES string of the molecule is Cc1ccc([N+](=O)[O-])cc1S(=O)(=O)N1CCC(c2nccn2CCc2ccsc2)CC1. The van der Waals surface area contributed by atoms with Gasteiger partial charge in [-0.05, 0) is 54.1 Å². The summed E-state index contributed by atoms with van der Waals surface area (Å²) in [6.07, 6.45) is 6.06. The second-order valence-electron chi connectivity index (χ2n) is 7.75. The van der Waals surface area contributed by atoms with Crippen LogP contribution >= 0.6 is 11.3 Å². The highest BCUT2D eigenvalue weighted by Crippen LogP contribution is 2.32. The molecule has 1 fully saturated rings. The maximum atomic E-state index is 13.2. The molecule has 3 heterocycles. The lowest BCUT2D eigenvalue weighted by atomic mass is 9.97. The molecule has 1 aromatic carbocycles. The Balaban J connectivity index is 1.45. The van der Waals surface area contributed by atoms with Gasteiger partial charge in [0.05, 0.1) is 9.82 Å². The largest absolute Gasteiger partial charge is 0.334 e. The predicted octanol–water partition coefficient (Wildman–Crippen LogP) is 3.97. The summed E-state index contributed by atoms with van der Waals surface area (Å²) in [7, 11) is -3.79. The van der Waals surface area contributed by atoms with Crippen molar-refractivity contribution in [3.8, 4) is 0 Å². The number of sulfonamides is 1. The Kier molecular flexibility index (Phi) is 6.22. The van der Waals surface area contributed by atoms with Gasteiger partial charge >= 0.3 is 0 Å². The average molecular weight is 461 g/mol. The van der Waals surface area contributed by atoms with Crippen LogP contribution in [0.25, 0.3) is 0 Å². The number of aryl methyl sites for hydroxylation is 3. The first kappa shape index (κ1) is 21.7. The molecule has 0 radical (unpaired) electrons. The molecule has 164 valence electrons. The lowest BCUT2D eigenvalue weighted by molar-refractivity contribution is -0.385. The van der Waals surface area contributed by atoms with Gasteiger partial charge in [-0.2, -0.15) is 15.6 Å². The average Bonchev–Trinajstić information content (AvgIpc) is 3.44. The van der Waals surface area contributed by atoms with Crippen LogP contribution in [-0.4, -0.2) is 40.3 Å². The van der Waals surface area contributed by atoms with Crippen molar-refractivity contribution < 1.29 is 13.3 Å². The first-order chi connectivity index (χ1) is 14.9. The Labute approximate surface area is 185 Å². The van der Waals surface area contributed by atoms with Gasteiger partial charge in [0.15, 0.2) is 0 Å². The second-order valence-corrected chi connectivity index (χ2v) is 10.4. The summed E-state index contributed by atoms with van der Waals surface area (Å²) in [6, 6.07) is 6.10. The van der Waals surface area contributed by atoms with Crippen molar-refractivity contribution in [2.45, 2.75) is 43.5 Å². The molecule has 0 amide bonds. The zero-order valence-corrected chi connectivity index (χ0v) is 18.8. The van der Waals surface area contributed by atoms with Crippen molar-refractivity contribution >= 4 is 27.0 Å². The van der Waals surface area contributed by atoms with Gasteiger partial charge in [0.2, 0.25) is 10.0 Å². The van der Waals surface area contributed by atoms with Crippen LogP contribution in [0.5, 0.6) is 0 Å². The summed E-state index contributed by atoms with van der Waals surface area (Å²) >= 11 is 1.69. The van der Waals surface area contributed by atoms with Gasteiger partial charge < -0.3 is 4.57 Å².